The van der Waals surface area contributed by atoms with Crippen LogP contribution in [0.3, 0.4) is 0 Å². The summed E-state index contributed by atoms with van der Waals surface area (Å²) in [6, 6.07) is 16.8. The number of carbonyl (C=O) groups is 1. The zero-order chi connectivity index (χ0) is 23.5. The van der Waals surface area contributed by atoms with Crippen molar-refractivity contribution in [2.24, 2.45) is 0 Å². The molecule has 32 heavy (non-hydrogen) atoms. The summed E-state index contributed by atoms with van der Waals surface area (Å²) in [6.07, 6.45) is 0.990. The summed E-state index contributed by atoms with van der Waals surface area (Å²) < 4.78 is 52.6. The minimum absolute atomic E-state index is 0.0382. The van der Waals surface area contributed by atoms with Crippen LogP contribution in [-0.2, 0) is 20.0 Å². The summed E-state index contributed by atoms with van der Waals surface area (Å²) in [6.45, 7) is 1.86. The number of halogens is 1. The fraction of sp³-hybridized carbons (Fsp3) is 0.0952. The summed E-state index contributed by atoms with van der Waals surface area (Å²) in [5.74, 6) is -0.494. The molecule has 1 amide bonds. The quantitative estimate of drug-likeness (QED) is 0.458. The Labute approximate surface area is 191 Å². The van der Waals surface area contributed by atoms with Crippen molar-refractivity contribution in [3.05, 3.63) is 82.9 Å². The number of nitrogens with one attached hydrogen (secondary N) is 3. The first-order valence-electron chi connectivity index (χ1n) is 9.21. The summed E-state index contributed by atoms with van der Waals surface area (Å²) in [5, 5.41) is 2.70. The Morgan fingerprint density at radius 3 is 2.12 bits per heavy atom. The Kier molecular flexibility index (Phi) is 6.77. The Morgan fingerprint density at radius 2 is 1.53 bits per heavy atom. The fourth-order valence-electron chi connectivity index (χ4n) is 2.78. The number of hydrogen-bond donors (Lipinski definition) is 3. The summed E-state index contributed by atoms with van der Waals surface area (Å²) in [4.78, 5) is 12.5. The van der Waals surface area contributed by atoms with Crippen LogP contribution in [-0.4, -0.2) is 29.0 Å². The van der Waals surface area contributed by atoms with E-state index in [0.29, 0.717) is 11.4 Å². The highest BCUT2D eigenvalue weighted by atomic mass is 35.5. The molecule has 3 rings (SSSR count). The molecule has 0 atom stereocenters. The average molecular weight is 494 g/mol. The molecule has 0 heterocycles. The molecule has 0 aliphatic carbocycles. The fourth-order valence-corrected chi connectivity index (χ4v) is 4.69. The van der Waals surface area contributed by atoms with Crippen LogP contribution in [0.25, 0.3) is 0 Å². The molecule has 0 unspecified atom stereocenters. The lowest BCUT2D eigenvalue weighted by atomic mass is 10.2. The monoisotopic (exact) mass is 493 g/mol. The smallest absolute Gasteiger partial charge is 0.261 e. The highest BCUT2D eigenvalue weighted by Gasteiger charge is 2.15. The van der Waals surface area contributed by atoms with E-state index in [1.807, 2.05) is 13.0 Å². The maximum atomic E-state index is 12.6. The van der Waals surface area contributed by atoms with E-state index in [0.717, 1.165) is 11.8 Å². The number of rotatable bonds is 7. The van der Waals surface area contributed by atoms with Crippen molar-refractivity contribution in [1.82, 2.24) is 0 Å². The predicted molar refractivity (Wildman–Crippen MR) is 126 cm³/mol. The molecule has 0 aliphatic rings. The maximum absolute atomic E-state index is 12.6. The van der Waals surface area contributed by atoms with Gasteiger partial charge in [0, 0.05) is 16.9 Å². The molecule has 0 saturated heterocycles. The molecule has 0 radical (unpaired) electrons. The Hall–Kier alpha value is -3.08. The lowest BCUT2D eigenvalue weighted by Gasteiger charge is -2.11. The first-order chi connectivity index (χ1) is 14.9. The van der Waals surface area contributed by atoms with E-state index in [9.17, 15) is 21.6 Å². The van der Waals surface area contributed by atoms with E-state index in [2.05, 4.69) is 14.8 Å². The van der Waals surface area contributed by atoms with Gasteiger partial charge in [-0.15, -0.1) is 0 Å². The van der Waals surface area contributed by atoms with Gasteiger partial charge in [-0.2, -0.15) is 0 Å². The van der Waals surface area contributed by atoms with Gasteiger partial charge in [0.1, 0.15) is 0 Å². The molecule has 0 spiro atoms. The van der Waals surface area contributed by atoms with E-state index in [1.54, 1.807) is 18.2 Å². The number of aryl methyl sites for hydroxylation is 1. The van der Waals surface area contributed by atoms with Gasteiger partial charge < -0.3 is 5.32 Å². The van der Waals surface area contributed by atoms with Gasteiger partial charge in [-0.25, -0.2) is 16.8 Å². The first kappa shape index (κ1) is 23.6. The van der Waals surface area contributed by atoms with Crippen molar-refractivity contribution >= 4 is 54.6 Å². The predicted octanol–water partition coefficient (Wildman–Crippen LogP) is 4.07. The van der Waals surface area contributed by atoms with E-state index in [4.69, 9.17) is 11.6 Å². The van der Waals surface area contributed by atoms with E-state index < -0.39 is 26.0 Å². The van der Waals surface area contributed by atoms with Crippen molar-refractivity contribution in [2.75, 3.05) is 21.0 Å². The largest absolute Gasteiger partial charge is 0.322 e. The molecule has 8 nitrogen and oxygen atoms in total. The van der Waals surface area contributed by atoms with Gasteiger partial charge in [0.25, 0.3) is 15.9 Å². The molecule has 0 aliphatic heterocycles. The number of sulfonamides is 2. The zero-order valence-electron chi connectivity index (χ0n) is 17.1. The zero-order valence-corrected chi connectivity index (χ0v) is 19.5. The normalized spacial score (nSPS) is 11.6. The van der Waals surface area contributed by atoms with E-state index in [-0.39, 0.29) is 21.2 Å². The van der Waals surface area contributed by atoms with E-state index >= 15 is 0 Å². The van der Waals surface area contributed by atoms with Crippen molar-refractivity contribution in [3.63, 3.8) is 0 Å². The van der Waals surface area contributed by atoms with Gasteiger partial charge in [-0.1, -0.05) is 23.7 Å². The van der Waals surface area contributed by atoms with Gasteiger partial charge in [-0.3, -0.25) is 14.2 Å². The van der Waals surface area contributed by atoms with Gasteiger partial charge >= 0.3 is 0 Å². The van der Waals surface area contributed by atoms with E-state index in [1.165, 1.54) is 42.5 Å². The number of carbonyl (C=O) groups excluding carboxylic acids is 1. The van der Waals surface area contributed by atoms with Crippen molar-refractivity contribution in [2.45, 2.75) is 11.8 Å². The minimum Gasteiger partial charge on any atom is -0.322 e. The second-order valence-corrected chi connectivity index (χ2v) is 10.9. The molecule has 11 heteroatoms. The van der Waals surface area contributed by atoms with Crippen LogP contribution in [0.2, 0.25) is 5.02 Å². The number of anilines is 3. The van der Waals surface area contributed by atoms with Gasteiger partial charge in [0.2, 0.25) is 10.0 Å². The maximum Gasteiger partial charge on any atom is 0.261 e. The van der Waals surface area contributed by atoms with Gasteiger partial charge in [0.05, 0.1) is 21.9 Å². The lowest BCUT2D eigenvalue weighted by molar-refractivity contribution is 0.102. The molecule has 0 bridgehead atoms. The molecule has 168 valence electrons. The number of hydrogen-bond acceptors (Lipinski definition) is 5. The molecule has 0 aromatic heterocycles. The summed E-state index contributed by atoms with van der Waals surface area (Å²) >= 11 is 6.05. The molecular formula is C21H20ClN3O5S2. The average Bonchev–Trinajstić information content (AvgIpc) is 2.68. The highest BCUT2D eigenvalue weighted by Crippen LogP contribution is 2.25. The SMILES string of the molecule is Cc1cccc(NS(=O)(=O)c2ccc(NC(=O)c3ccc(NS(C)(=O)=O)c(Cl)c3)cc2)c1. The first-order valence-corrected chi connectivity index (χ1v) is 13.0. The van der Waals surface area contributed by atoms with Crippen LogP contribution >= 0.6 is 11.6 Å². The molecule has 3 aromatic rings. The van der Waals surface area contributed by atoms with Crippen molar-refractivity contribution < 1.29 is 21.6 Å². The molecule has 0 saturated carbocycles. The van der Waals surface area contributed by atoms with Crippen LogP contribution < -0.4 is 14.8 Å². The van der Waals surface area contributed by atoms with Gasteiger partial charge in [-0.05, 0) is 67.1 Å². The summed E-state index contributed by atoms with van der Waals surface area (Å²) in [7, 11) is -7.30. The van der Waals surface area contributed by atoms with Gasteiger partial charge in [0.15, 0.2) is 0 Å². The second-order valence-electron chi connectivity index (χ2n) is 7.02. The number of amides is 1. The van der Waals surface area contributed by atoms with Crippen LogP contribution in [0, 0.1) is 6.92 Å². The molecule has 3 aromatic carbocycles. The molecule has 3 N–H and O–H groups in total. The Bertz CT molecular complexity index is 1370. The molecular weight excluding hydrogens is 474 g/mol. The lowest BCUT2D eigenvalue weighted by Crippen LogP contribution is -2.14. The van der Waals surface area contributed by atoms with Crippen molar-refractivity contribution in [3.8, 4) is 0 Å². The van der Waals surface area contributed by atoms with Crippen LogP contribution in [0.5, 0.6) is 0 Å². The highest BCUT2D eigenvalue weighted by molar-refractivity contribution is 7.92. The molecule has 0 fully saturated rings. The third-order valence-electron chi connectivity index (χ3n) is 4.22. The Balaban J connectivity index is 1.71. The topological polar surface area (TPSA) is 121 Å². The third-order valence-corrected chi connectivity index (χ3v) is 6.52. The van der Waals surface area contributed by atoms with Crippen molar-refractivity contribution in [1.29, 1.82) is 0 Å². The standard InChI is InChI=1S/C21H20ClN3O5S2/c1-14-4-3-5-17(12-14)24-32(29,30)18-9-7-16(8-10-18)23-21(26)15-6-11-20(19(22)13-15)25-31(2,27)28/h3-13,24-25H,1-2H3,(H,23,26). The Morgan fingerprint density at radius 1 is 0.844 bits per heavy atom. The van der Waals surface area contributed by atoms with Crippen LogP contribution in [0.15, 0.2) is 71.6 Å². The minimum atomic E-state index is -3.79. The third kappa shape index (κ3) is 6.22. The van der Waals surface area contributed by atoms with Crippen LogP contribution in [0.4, 0.5) is 17.1 Å². The second kappa shape index (κ2) is 9.19. The summed E-state index contributed by atoms with van der Waals surface area (Å²) in [5.41, 5.74) is 2.10. The van der Waals surface area contributed by atoms with Crippen LogP contribution in [0.1, 0.15) is 15.9 Å². The number of benzene rings is 3.